The number of ether oxygens (including phenoxy) is 1. The molecule has 0 saturated heterocycles. The molecule has 1 unspecified atom stereocenters. The molecule has 0 aromatic heterocycles. The quantitative estimate of drug-likeness (QED) is 0.647. The van der Waals surface area contributed by atoms with E-state index < -0.39 is 18.1 Å². The first-order valence-corrected chi connectivity index (χ1v) is 9.50. The highest BCUT2D eigenvalue weighted by molar-refractivity contribution is 5.89. The number of hydrogen-bond donors (Lipinski definition) is 2. The molecular weight excluding hydrogens is 366 g/mol. The highest BCUT2D eigenvalue weighted by Gasteiger charge is 2.29. The highest BCUT2D eigenvalue weighted by Crippen LogP contribution is 2.44. The SMILES string of the molecule is CC(NC(=O)OCC1c2ccccc2-c2ccccc21)c1ccccc1C(=O)O. The molecule has 0 heterocycles. The van der Waals surface area contributed by atoms with Crippen molar-refractivity contribution in [3.63, 3.8) is 0 Å². The van der Waals surface area contributed by atoms with Gasteiger partial charge in [-0.1, -0.05) is 66.7 Å². The number of carbonyl (C=O) groups is 2. The number of carbonyl (C=O) groups excluding carboxylic acids is 1. The Morgan fingerprint density at radius 2 is 1.48 bits per heavy atom. The summed E-state index contributed by atoms with van der Waals surface area (Å²) < 4.78 is 5.53. The van der Waals surface area contributed by atoms with E-state index in [0.717, 1.165) is 11.1 Å². The van der Waals surface area contributed by atoms with Crippen LogP contribution in [0, 0.1) is 0 Å². The smallest absolute Gasteiger partial charge is 0.407 e. The molecule has 5 nitrogen and oxygen atoms in total. The molecule has 5 heteroatoms. The molecule has 1 aliphatic rings. The second-order valence-corrected chi connectivity index (χ2v) is 7.08. The van der Waals surface area contributed by atoms with Crippen LogP contribution < -0.4 is 5.32 Å². The summed E-state index contributed by atoms with van der Waals surface area (Å²) in [5.74, 6) is -1.04. The predicted octanol–water partition coefficient (Wildman–Crippen LogP) is 4.98. The largest absolute Gasteiger partial charge is 0.478 e. The van der Waals surface area contributed by atoms with Crippen LogP contribution in [0.5, 0.6) is 0 Å². The molecule has 29 heavy (non-hydrogen) atoms. The Labute approximate surface area is 169 Å². The molecule has 2 N–H and O–H groups in total. The number of alkyl carbamates (subject to hydrolysis) is 1. The van der Waals surface area contributed by atoms with Gasteiger partial charge in [0.2, 0.25) is 0 Å². The van der Waals surface area contributed by atoms with Gasteiger partial charge in [0.05, 0.1) is 11.6 Å². The van der Waals surface area contributed by atoms with Crippen molar-refractivity contribution in [2.45, 2.75) is 18.9 Å². The fourth-order valence-electron chi connectivity index (χ4n) is 3.96. The monoisotopic (exact) mass is 387 g/mol. The van der Waals surface area contributed by atoms with Gasteiger partial charge >= 0.3 is 12.1 Å². The first kappa shape index (κ1) is 18.7. The summed E-state index contributed by atoms with van der Waals surface area (Å²) in [7, 11) is 0. The molecular formula is C24H21NO4. The van der Waals surface area contributed by atoms with Crippen LogP contribution in [-0.4, -0.2) is 23.8 Å². The van der Waals surface area contributed by atoms with Crippen molar-refractivity contribution in [2.75, 3.05) is 6.61 Å². The van der Waals surface area contributed by atoms with Crippen molar-refractivity contribution in [3.8, 4) is 11.1 Å². The lowest BCUT2D eigenvalue weighted by Crippen LogP contribution is -2.29. The van der Waals surface area contributed by atoms with E-state index in [1.807, 2.05) is 24.3 Å². The summed E-state index contributed by atoms with van der Waals surface area (Å²) in [4.78, 5) is 23.8. The molecule has 1 aliphatic carbocycles. The molecule has 0 aliphatic heterocycles. The van der Waals surface area contributed by atoms with Crippen molar-refractivity contribution < 1.29 is 19.4 Å². The summed E-state index contributed by atoms with van der Waals surface area (Å²) in [6.45, 7) is 1.95. The number of amides is 1. The molecule has 0 bridgehead atoms. The third kappa shape index (κ3) is 3.59. The van der Waals surface area contributed by atoms with Crippen molar-refractivity contribution in [3.05, 3.63) is 95.1 Å². The van der Waals surface area contributed by atoms with Crippen LogP contribution >= 0.6 is 0 Å². The zero-order valence-electron chi connectivity index (χ0n) is 16.0. The number of hydrogen-bond acceptors (Lipinski definition) is 3. The average Bonchev–Trinajstić information content (AvgIpc) is 3.06. The van der Waals surface area contributed by atoms with Gasteiger partial charge in [0.1, 0.15) is 6.61 Å². The maximum Gasteiger partial charge on any atom is 0.407 e. The number of benzene rings is 3. The summed E-state index contributed by atoms with van der Waals surface area (Å²) in [5.41, 5.74) is 5.32. The fraction of sp³-hybridized carbons (Fsp3) is 0.167. The predicted molar refractivity (Wildman–Crippen MR) is 110 cm³/mol. The molecule has 146 valence electrons. The van der Waals surface area contributed by atoms with Crippen LogP contribution in [0.2, 0.25) is 0 Å². The minimum atomic E-state index is -1.03. The number of aromatic carboxylic acids is 1. The summed E-state index contributed by atoms with van der Waals surface area (Å²) in [5, 5.41) is 12.1. The van der Waals surface area contributed by atoms with Gasteiger partial charge in [-0.3, -0.25) is 0 Å². The van der Waals surface area contributed by atoms with Crippen LogP contribution in [0.4, 0.5) is 4.79 Å². The van der Waals surface area contributed by atoms with Gasteiger partial charge in [0.25, 0.3) is 0 Å². The number of carboxylic acid groups (broad SMARTS) is 1. The topological polar surface area (TPSA) is 75.6 Å². The number of rotatable bonds is 5. The normalized spacial score (nSPS) is 13.3. The average molecular weight is 387 g/mol. The Morgan fingerprint density at radius 3 is 2.10 bits per heavy atom. The Balaban J connectivity index is 1.46. The molecule has 1 atom stereocenters. The summed E-state index contributed by atoms with van der Waals surface area (Å²) in [6.07, 6.45) is -0.570. The summed E-state index contributed by atoms with van der Waals surface area (Å²) >= 11 is 0. The van der Waals surface area contributed by atoms with Crippen LogP contribution in [0.1, 0.15) is 45.9 Å². The molecule has 3 aromatic rings. The Kier molecular flexibility index (Phi) is 5.04. The van der Waals surface area contributed by atoms with Crippen LogP contribution in [-0.2, 0) is 4.74 Å². The van der Waals surface area contributed by atoms with Crippen molar-refractivity contribution in [1.29, 1.82) is 0 Å². The number of fused-ring (bicyclic) bond motifs is 3. The minimum Gasteiger partial charge on any atom is -0.478 e. The van der Waals surface area contributed by atoms with Crippen molar-refractivity contribution in [1.82, 2.24) is 5.32 Å². The molecule has 0 fully saturated rings. The lowest BCUT2D eigenvalue weighted by molar-refractivity contribution is 0.0694. The molecule has 3 aromatic carbocycles. The van der Waals surface area contributed by atoms with E-state index in [1.165, 1.54) is 17.2 Å². The van der Waals surface area contributed by atoms with E-state index in [4.69, 9.17) is 4.74 Å². The second-order valence-electron chi connectivity index (χ2n) is 7.08. The van der Waals surface area contributed by atoms with Crippen LogP contribution in [0.25, 0.3) is 11.1 Å². The zero-order chi connectivity index (χ0) is 20.4. The third-order valence-electron chi connectivity index (χ3n) is 5.34. The van der Waals surface area contributed by atoms with Gasteiger partial charge in [0.15, 0.2) is 0 Å². The Morgan fingerprint density at radius 1 is 0.931 bits per heavy atom. The first-order chi connectivity index (χ1) is 14.1. The Bertz CT molecular complexity index is 1030. The fourth-order valence-corrected chi connectivity index (χ4v) is 3.96. The van der Waals surface area contributed by atoms with Gasteiger partial charge in [0, 0.05) is 5.92 Å². The maximum absolute atomic E-state index is 12.4. The Hall–Kier alpha value is -3.60. The van der Waals surface area contributed by atoms with Gasteiger partial charge in [-0.25, -0.2) is 9.59 Å². The standard InChI is InChI=1S/C24H21NO4/c1-15(16-8-2-7-13-21(16)23(26)27)25-24(28)29-14-22-19-11-5-3-9-17(19)18-10-4-6-12-20(18)22/h2-13,15,22H,14H2,1H3,(H,25,28)(H,26,27). The van der Waals surface area contributed by atoms with E-state index in [9.17, 15) is 14.7 Å². The summed E-state index contributed by atoms with van der Waals surface area (Å²) in [6, 6.07) is 22.4. The van der Waals surface area contributed by atoms with E-state index in [-0.39, 0.29) is 18.1 Å². The zero-order valence-corrected chi connectivity index (χ0v) is 16.0. The number of carboxylic acids is 1. The van der Waals surface area contributed by atoms with Crippen molar-refractivity contribution >= 4 is 12.1 Å². The van der Waals surface area contributed by atoms with Gasteiger partial charge in [-0.05, 0) is 40.8 Å². The molecule has 0 saturated carbocycles. The lowest BCUT2D eigenvalue weighted by Gasteiger charge is -2.18. The first-order valence-electron chi connectivity index (χ1n) is 9.50. The second kappa shape index (κ2) is 7.80. The van der Waals surface area contributed by atoms with Gasteiger partial charge in [-0.2, -0.15) is 0 Å². The van der Waals surface area contributed by atoms with Crippen LogP contribution in [0.3, 0.4) is 0 Å². The van der Waals surface area contributed by atoms with E-state index in [0.29, 0.717) is 5.56 Å². The highest BCUT2D eigenvalue weighted by atomic mass is 16.5. The van der Waals surface area contributed by atoms with Crippen LogP contribution in [0.15, 0.2) is 72.8 Å². The molecule has 0 spiro atoms. The lowest BCUT2D eigenvalue weighted by atomic mass is 9.98. The van der Waals surface area contributed by atoms with E-state index in [2.05, 4.69) is 29.6 Å². The van der Waals surface area contributed by atoms with Gasteiger partial charge < -0.3 is 15.2 Å². The number of nitrogens with one attached hydrogen (secondary N) is 1. The van der Waals surface area contributed by atoms with Crippen molar-refractivity contribution in [2.24, 2.45) is 0 Å². The van der Waals surface area contributed by atoms with Gasteiger partial charge in [-0.15, -0.1) is 0 Å². The van der Waals surface area contributed by atoms with E-state index >= 15 is 0 Å². The minimum absolute atomic E-state index is 0.0187. The third-order valence-corrected chi connectivity index (χ3v) is 5.34. The molecule has 0 radical (unpaired) electrons. The van der Waals surface area contributed by atoms with E-state index in [1.54, 1.807) is 25.1 Å². The molecule has 4 rings (SSSR count). The molecule has 1 amide bonds. The maximum atomic E-state index is 12.4.